The van der Waals surface area contributed by atoms with Crippen molar-refractivity contribution in [2.45, 2.75) is 0 Å². The van der Waals surface area contributed by atoms with Gasteiger partial charge in [0.05, 0.1) is 10.6 Å². The Labute approximate surface area is 86.3 Å². The van der Waals surface area contributed by atoms with Crippen LogP contribution in [0.4, 0.5) is 0 Å². The Morgan fingerprint density at radius 3 is 2.86 bits per heavy atom. The van der Waals surface area contributed by atoms with Gasteiger partial charge in [-0.05, 0) is 18.2 Å². The highest BCUT2D eigenvalue weighted by Crippen LogP contribution is 2.25. The number of benzene rings is 1. The molecular weight excluding hydrogens is 204 g/mol. The van der Waals surface area contributed by atoms with Crippen LogP contribution in [0.5, 0.6) is 5.75 Å². The average molecular weight is 211 g/mol. The van der Waals surface area contributed by atoms with E-state index in [0.717, 1.165) is 0 Å². The van der Waals surface area contributed by atoms with E-state index < -0.39 is 5.97 Å². The van der Waals surface area contributed by atoms with Gasteiger partial charge in [-0.3, -0.25) is 0 Å². The summed E-state index contributed by atoms with van der Waals surface area (Å²) >= 11 is 5.75. The number of ether oxygens (including phenoxy) is 1. The average Bonchev–Trinajstić information content (AvgIpc) is 2.15. The van der Waals surface area contributed by atoms with Crippen molar-refractivity contribution in [3.05, 3.63) is 28.8 Å². The maximum absolute atomic E-state index is 10.5. The predicted molar refractivity (Wildman–Crippen MR) is 52.7 cm³/mol. The molecule has 1 aromatic rings. The SMILES string of the molecule is C#CCOc1ccc(C(=O)O)cc1Cl. The molecule has 0 radical (unpaired) electrons. The smallest absolute Gasteiger partial charge is 0.335 e. The zero-order valence-corrected chi connectivity index (χ0v) is 7.91. The molecule has 0 heterocycles. The van der Waals surface area contributed by atoms with Gasteiger partial charge >= 0.3 is 5.97 Å². The second-order valence-corrected chi connectivity index (χ2v) is 2.85. The van der Waals surface area contributed by atoms with E-state index in [1.54, 1.807) is 0 Å². The van der Waals surface area contributed by atoms with Gasteiger partial charge in [0.25, 0.3) is 0 Å². The van der Waals surface area contributed by atoms with Gasteiger partial charge in [-0.2, -0.15) is 0 Å². The standard InChI is InChI=1S/C10H7ClO3/c1-2-5-14-9-4-3-7(10(12)13)6-8(9)11/h1,3-4,6H,5H2,(H,12,13). The number of halogens is 1. The Morgan fingerprint density at radius 2 is 2.36 bits per heavy atom. The number of carboxylic acids is 1. The van der Waals surface area contributed by atoms with Crippen LogP contribution in [0.25, 0.3) is 0 Å². The maximum atomic E-state index is 10.5. The van der Waals surface area contributed by atoms with Gasteiger partial charge in [0, 0.05) is 0 Å². The lowest BCUT2D eigenvalue weighted by Gasteiger charge is -2.04. The fourth-order valence-corrected chi connectivity index (χ4v) is 1.11. The molecule has 1 N–H and O–H groups in total. The van der Waals surface area contributed by atoms with Gasteiger partial charge in [-0.1, -0.05) is 17.5 Å². The molecule has 0 fully saturated rings. The third kappa shape index (κ3) is 2.41. The van der Waals surface area contributed by atoms with Gasteiger partial charge < -0.3 is 9.84 Å². The molecular formula is C10H7ClO3. The first-order chi connectivity index (χ1) is 6.65. The number of terminal acetylenes is 1. The van der Waals surface area contributed by atoms with Crippen LogP contribution in [0, 0.1) is 12.3 Å². The molecule has 0 unspecified atom stereocenters. The molecule has 0 saturated carbocycles. The van der Waals surface area contributed by atoms with Crippen molar-refractivity contribution in [1.82, 2.24) is 0 Å². The molecule has 0 aliphatic heterocycles. The van der Waals surface area contributed by atoms with E-state index in [1.165, 1.54) is 18.2 Å². The lowest BCUT2D eigenvalue weighted by Crippen LogP contribution is -1.98. The lowest BCUT2D eigenvalue weighted by atomic mass is 10.2. The van der Waals surface area contributed by atoms with Gasteiger partial charge in [0.15, 0.2) is 0 Å². The third-order valence-corrected chi connectivity index (χ3v) is 1.79. The van der Waals surface area contributed by atoms with Crippen LogP contribution >= 0.6 is 11.6 Å². The number of aromatic carboxylic acids is 1. The molecule has 1 rings (SSSR count). The third-order valence-electron chi connectivity index (χ3n) is 1.49. The highest BCUT2D eigenvalue weighted by molar-refractivity contribution is 6.32. The first kappa shape index (κ1) is 10.4. The Hall–Kier alpha value is -1.66. The topological polar surface area (TPSA) is 46.5 Å². The summed E-state index contributed by atoms with van der Waals surface area (Å²) in [5, 5.41) is 8.88. The van der Waals surface area contributed by atoms with Gasteiger partial charge in [0.1, 0.15) is 12.4 Å². The van der Waals surface area contributed by atoms with E-state index >= 15 is 0 Å². The lowest BCUT2D eigenvalue weighted by molar-refractivity contribution is 0.0697. The molecule has 0 atom stereocenters. The van der Waals surface area contributed by atoms with Gasteiger partial charge in [-0.15, -0.1) is 6.42 Å². The maximum Gasteiger partial charge on any atom is 0.335 e. The molecule has 0 aliphatic carbocycles. The summed E-state index contributed by atoms with van der Waals surface area (Å²) in [6.07, 6.45) is 4.99. The van der Waals surface area contributed by atoms with E-state index in [-0.39, 0.29) is 17.2 Å². The molecule has 4 heteroatoms. The van der Waals surface area contributed by atoms with Crippen LogP contribution in [0.1, 0.15) is 10.4 Å². The van der Waals surface area contributed by atoms with Crippen LogP contribution in [-0.2, 0) is 0 Å². The zero-order chi connectivity index (χ0) is 10.6. The van der Waals surface area contributed by atoms with E-state index in [0.29, 0.717) is 5.75 Å². The summed E-state index contributed by atoms with van der Waals surface area (Å²) < 4.78 is 5.06. The normalized spacial score (nSPS) is 9.14. The van der Waals surface area contributed by atoms with E-state index in [1.807, 2.05) is 0 Å². The molecule has 72 valence electrons. The fraction of sp³-hybridized carbons (Fsp3) is 0.100. The molecule has 0 bridgehead atoms. The van der Waals surface area contributed by atoms with Gasteiger partial charge in [-0.25, -0.2) is 4.79 Å². The highest BCUT2D eigenvalue weighted by Gasteiger charge is 2.07. The number of carboxylic acid groups (broad SMARTS) is 1. The van der Waals surface area contributed by atoms with E-state index in [9.17, 15) is 4.79 Å². The first-order valence-electron chi connectivity index (χ1n) is 3.74. The fourth-order valence-electron chi connectivity index (χ4n) is 0.870. The quantitative estimate of drug-likeness (QED) is 0.777. The number of carbonyl (C=O) groups is 1. The monoisotopic (exact) mass is 210 g/mol. The van der Waals surface area contributed by atoms with Crippen molar-refractivity contribution in [1.29, 1.82) is 0 Å². The van der Waals surface area contributed by atoms with Crippen LogP contribution in [0.3, 0.4) is 0 Å². The molecule has 1 aromatic carbocycles. The molecule has 14 heavy (non-hydrogen) atoms. The largest absolute Gasteiger partial charge is 0.479 e. The molecule has 0 aromatic heterocycles. The number of hydrogen-bond acceptors (Lipinski definition) is 2. The Bertz CT molecular complexity index is 393. The summed E-state index contributed by atoms with van der Waals surface area (Å²) in [6.45, 7) is 0.103. The molecule has 0 aliphatic rings. The van der Waals surface area contributed by atoms with E-state index in [2.05, 4.69) is 5.92 Å². The van der Waals surface area contributed by atoms with Crippen molar-refractivity contribution >= 4 is 17.6 Å². The summed E-state index contributed by atoms with van der Waals surface area (Å²) in [5.74, 6) is 1.64. The molecule has 0 spiro atoms. The van der Waals surface area contributed by atoms with Crippen LogP contribution < -0.4 is 4.74 Å². The minimum absolute atomic E-state index is 0.103. The van der Waals surface area contributed by atoms with Gasteiger partial charge in [0.2, 0.25) is 0 Å². The number of hydrogen-bond donors (Lipinski definition) is 1. The Kier molecular flexibility index (Phi) is 3.38. The Morgan fingerprint density at radius 1 is 1.64 bits per heavy atom. The van der Waals surface area contributed by atoms with Crippen molar-refractivity contribution in [3.8, 4) is 18.1 Å². The van der Waals surface area contributed by atoms with Crippen molar-refractivity contribution in [2.75, 3.05) is 6.61 Å². The zero-order valence-electron chi connectivity index (χ0n) is 7.16. The summed E-state index contributed by atoms with van der Waals surface area (Å²) in [7, 11) is 0. The van der Waals surface area contributed by atoms with Crippen molar-refractivity contribution < 1.29 is 14.6 Å². The summed E-state index contributed by atoms with van der Waals surface area (Å²) in [6, 6.07) is 4.19. The van der Waals surface area contributed by atoms with Crippen molar-refractivity contribution in [3.63, 3.8) is 0 Å². The number of rotatable bonds is 3. The van der Waals surface area contributed by atoms with Crippen LogP contribution in [-0.4, -0.2) is 17.7 Å². The summed E-state index contributed by atoms with van der Waals surface area (Å²) in [5.41, 5.74) is 0.114. The van der Waals surface area contributed by atoms with E-state index in [4.69, 9.17) is 27.9 Å². The second-order valence-electron chi connectivity index (χ2n) is 2.44. The second kappa shape index (κ2) is 4.54. The minimum atomic E-state index is -1.03. The predicted octanol–water partition coefficient (Wildman–Crippen LogP) is 2.05. The highest BCUT2D eigenvalue weighted by atomic mass is 35.5. The first-order valence-corrected chi connectivity index (χ1v) is 4.12. The Balaban J connectivity index is 2.91. The summed E-state index contributed by atoms with van der Waals surface area (Å²) in [4.78, 5) is 10.5. The molecule has 0 amide bonds. The van der Waals surface area contributed by atoms with Crippen molar-refractivity contribution in [2.24, 2.45) is 0 Å². The molecule has 0 saturated heterocycles. The van der Waals surface area contributed by atoms with Crippen LogP contribution in [0.15, 0.2) is 18.2 Å². The van der Waals surface area contributed by atoms with Crippen LogP contribution in [0.2, 0.25) is 5.02 Å². The minimum Gasteiger partial charge on any atom is -0.479 e. The molecule has 3 nitrogen and oxygen atoms in total.